The molecule has 1 aliphatic rings. The highest BCUT2D eigenvalue weighted by Crippen LogP contribution is 2.34. The maximum atomic E-state index is 12.7. The molecule has 0 atom stereocenters. The number of carbonyl (C=O) groups excluding carboxylic acids is 1. The van der Waals surface area contributed by atoms with E-state index < -0.39 is 0 Å². The molecule has 0 saturated carbocycles. The Morgan fingerprint density at radius 2 is 1.81 bits per heavy atom. The first kappa shape index (κ1) is 18.3. The Hall–Kier alpha value is -2.11. The maximum absolute atomic E-state index is 12.7. The number of aromatic nitrogens is 1. The van der Waals surface area contributed by atoms with Gasteiger partial charge in [-0.05, 0) is 29.7 Å². The number of carbonyl (C=O) groups is 1. The van der Waals surface area contributed by atoms with Gasteiger partial charge in [-0.3, -0.25) is 4.79 Å². The smallest absolute Gasteiger partial charge is 0.255 e. The molecular weight excluding hydrogens is 378 g/mol. The highest BCUT2D eigenvalue weighted by atomic mass is 35.5. The Balaban J connectivity index is 1.50. The number of rotatable bonds is 3. The van der Waals surface area contributed by atoms with Crippen LogP contribution in [0.3, 0.4) is 0 Å². The lowest BCUT2D eigenvalue weighted by molar-refractivity contribution is 0.0747. The summed E-state index contributed by atoms with van der Waals surface area (Å²) in [5.74, 6) is 0.459. The van der Waals surface area contributed by atoms with E-state index in [-0.39, 0.29) is 5.91 Å². The molecule has 0 N–H and O–H groups in total. The molecule has 1 aliphatic heterocycles. The van der Waals surface area contributed by atoms with Crippen LogP contribution in [0.1, 0.15) is 35.7 Å². The molecule has 6 heteroatoms. The molecule has 1 fully saturated rings. The number of fused-ring (bicyclic) bond motifs is 1. The molecule has 0 radical (unpaired) electrons. The van der Waals surface area contributed by atoms with Crippen LogP contribution in [-0.2, 0) is 0 Å². The Morgan fingerprint density at radius 1 is 1.07 bits per heavy atom. The lowest BCUT2D eigenvalue weighted by Crippen LogP contribution is -2.48. The molecule has 2 heterocycles. The van der Waals surface area contributed by atoms with E-state index in [0.29, 0.717) is 29.6 Å². The summed E-state index contributed by atoms with van der Waals surface area (Å²) in [4.78, 5) is 21.8. The second-order valence-electron chi connectivity index (χ2n) is 7.10. The quantitative estimate of drug-likeness (QED) is 0.619. The van der Waals surface area contributed by atoms with Crippen molar-refractivity contribution in [3.63, 3.8) is 0 Å². The van der Waals surface area contributed by atoms with Crippen molar-refractivity contribution < 1.29 is 4.79 Å². The van der Waals surface area contributed by atoms with Gasteiger partial charge in [0.15, 0.2) is 5.13 Å². The van der Waals surface area contributed by atoms with Crippen molar-refractivity contribution in [2.45, 2.75) is 19.8 Å². The maximum Gasteiger partial charge on any atom is 0.255 e. The van der Waals surface area contributed by atoms with E-state index in [1.54, 1.807) is 23.5 Å². The lowest BCUT2D eigenvalue weighted by Gasteiger charge is -2.34. The molecule has 4 nitrogen and oxygen atoms in total. The number of para-hydroxylation sites is 1. The normalized spacial score (nSPS) is 15.0. The average molecular weight is 400 g/mol. The third-order valence-corrected chi connectivity index (χ3v) is 6.41. The zero-order valence-corrected chi connectivity index (χ0v) is 17.1. The average Bonchev–Trinajstić information content (AvgIpc) is 3.12. The molecule has 0 unspecified atom stereocenters. The summed E-state index contributed by atoms with van der Waals surface area (Å²) in [6.07, 6.45) is 0. The minimum absolute atomic E-state index is 0.00615. The van der Waals surface area contributed by atoms with Crippen molar-refractivity contribution in [2.24, 2.45) is 0 Å². The van der Waals surface area contributed by atoms with Crippen molar-refractivity contribution in [1.82, 2.24) is 9.88 Å². The number of benzene rings is 2. The number of amides is 1. The van der Waals surface area contributed by atoms with E-state index in [1.165, 1.54) is 10.3 Å². The molecule has 0 spiro atoms. The second-order valence-corrected chi connectivity index (χ2v) is 8.52. The molecular formula is C21H22ClN3OS. The van der Waals surface area contributed by atoms with E-state index in [1.807, 2.05) is 17.0 Å². The van der Waals surface area contributed by atoms with Crippen LogP contribution in [0.2, 0.25) is 5.02 Å². The van der Waals surface area contributed by atoms with Gasteiger partial charge < -0.3 is 9.80 Å². The predicted molar refractivity (Wildman–Crippen MR) is 113 cm³/mol. The van der Waals surface area contributed by atoms with Crippen LogP contribution < -0.4 is 4.90 Å². The predicted octanol–water partition coefficient (Wildman–Crippen LogP) is 5.04. The van der Waals surface area contributed by atoms with Crippen molar-refractivity contribution in [3.05, 3.63) is 58.6 Å². The summed E-state index contributed by atoms with van der Waals surface area (Å²) in [5, 5.41) is 1.56. The standard InChI is InChI=1S/C21H22ClN3OS/c1-14(2)15-7-5-9-18-19(15)23-21(27-18)25-12-10-24(11-13-25)20(26)16-6-3-4-8-17(16)22/h3-9,14H,10-13H2,1-2H3. The third kappa shape index (κ3) is 3.54. The Labute approximate surface area is 168 Å². The fourth-order valence-electron chi connectivity index (χ4n) is 3.47. The highest BCUT2D eigenvalue weighted by Gasteiger charge is 2.25. The van der Waals surface area contributed by atoms with Gasteiger partial charge in [0.2, 0.25) is 0 Å². The van der Waals surface area contributed by atoms with Crippen LogP contribution in [0.25, 0.3) is 10.2 Å². The summed E-state index contributed by atoms with van der Waals surface area (Å²) in [6, 6.07) is 13.7. The van der Waals surface area contributed by atoms with Gasteiger partial charge in [-0.15, -0.1) is 0 Å². The fourth-order valence-corrected chi connectivity index (χ4v) is 4.73. The third-order valence-electron chi connectivity index (χ3n) is 5.00. The number of anilines is 1. The molecule has 1 aromatic heterocycles. The topological polar surface area (TPSA) is 36.4 Å². The molecule has 3 aromatic rings. The Kier molecular flexibility index (Phi) is 5.06. The molecule has 4 rings (SSSR count). The zero-order chi connectivity index (χ0) is 19.0. The second kappa shape index (κ2) is 7.49. The molecule has 1 amide bonds. The van der Waals surface area contributed by atoms with Crippen LogP contribution in [-0.4, -0.2) is 42.0 Å². The first-order valence-electron chi connectivity index (χ1n) is 9.23. The molecule has 0 bridgehead atoms. The van der Waals surface area contributed by atoms with Crippen molar-refractivity contribution in [3.8, 4) is 0 Å². The van der Waals surface area contributed by atoms with E-state index in [4.69, 9.17) is 16.6 Å². The Morgan fingerprint density at radius 3 is 2.52 bits per heavy atom. The molecule has 0 aliphatic carbocycles. The summed E-state index contributed by atoms with van der Waals surface area (Å²) in [7, 11) is 0. The van der Waals surface area contributed by atoms with Gasteiger partial charge in [-0.2, -0.15) is 0 Å². The monoisotopic (exact) mass is 399 g/mol. The van der Waals surface area contributed by atoms with Gasteiger partial charge in [0, 0.05) is 26.2 Å². The lowest BCUT2D eigenvalue weighted by atomic mass is 10.0. The number of piperazine rings is 1. The van der Waals surface area contributed by atoms with Gasteiger partial charge in [-0.1, -0.05) is 61.1 Å². The number of hydrogen-bond donors (Lipinski definition) is 0. The molecule has 2 aromatic carbocycles. The minimum Gasteiger partial charge on any atom is -0.345 e. The fraction of sp³-hybridized carbons (Fsp3) is 0.333. The van der Waals surface area contributed by atoms with E-state index >= 15 is 0 Å². The Bertz CT molecular complexity index is 976. The summed E-state index contributed by atoms with van der Waals surface area (Å²) < 4.78 is 1.23. The minimum atomic E-state index is 0.00615. The summed E-state index contributed by atoms with van der Waals surface area (Å²) in [6.45, 7) is 7.33. The van der Waals surface area contributed by atoms with Crippen molar-refractivity contribution in [1.29, 1.82) is 0 Å². The van der Waals surface area contributed by atoms with Crippen molar-refractivity contribution in [2.75, 3.05) is 31.1 Å². The van der Waals surface area contributed by atoms with Crippen LogP contribution in [0.15, 0.2) is 42.5 Å². The van der Waals surface area contributed by atoms with Gasteiger partial charge in [0.25, 0.3) is 5.91 Å². The van der Waals surface area contributed by atoms with Crippen LogP contribution in [0.4, 0.5) is 5.13 Å². The van der Waals surface area contributed by atoms with Crippen LogP contribution in [0, 0.1) is 0 Å². The van der Waals surface area contributed by atoms with E-state index in [2.05, 4.69) is 36.9 Å². The molecule has 27 heavy (non-hydrogen) atoms. The number of halogens is 1. The van der Waals surface area contributed by atoms with E-state index in [9.17, 15) is 4.79 Å². The number of thiazole rings is 1. The van der Waals surface area contributed by atoms with Crippen LogP contribution >= 0.6 is 22.9 Å². The van der Waals surface area contributed by atoms with Gasteiger partial charge in [0.1, 0.15) is 0 Å². The van der Waals surface area contributed by atoms with E-state index in [0.717, 1.165) is 23.7 Å². The first-order valence-corrected chi connectivity index (χ1v) is 10.4. The number of nitrogens with zero attached hydrogens (tertiary/aromatic N) is 3. The highest BCUT2D eigenvalue weighted by molar-refractivity contribution is 7.22. The first-order chi connectivity index (χ1) is 13.0. The molecule has 1 saturated heterocycles. The summed E-state index contributed by atoms with van der Waals surface area (Å²) in [5.41, 5.74) is 2.98. The van der Waals surface area contributed by atoms with Crippen LogP contribution in [0.5, 0.6) is 0 Å². The SMILES string of the molecule is CC(C)c1cccc2sc(N3CCN(C(=O)c4ccccc4Cl)CC3)nc12. The summed E-state index contributed by atoms with van der Waals surface area (Å²) >= 11 is 7.92. The van der Waals surface area contributed by atoms with Gasteiger partial charge in [-0.25, -0.2) is 4.98 Å². The number of hydrogen-bond acceptors (Lipinski definition) is 4. The van der Waals surface area contributed by atoms with Crippen molar-refractivity contribution >= 4 is 44.2 Å². The van der Waals surface area contributed by atoms with Gasteiger partial charge in [0.05, 0.1) is 20.8 Å². The molecule has 140 valence electrons. The van der Waals surface area contributed by atoms with Gasteiger partial charge >= 0.3 is 0 Å². The zero-order valence-electron chi connectivity index (χ0n) is 15.5. The largest absolute Gasteiger partial charge is 0.345 e.